The van der Waals surface area contributed by atoms with E-state index in [0.29, 0.717) is 22.7 Å². The van der Waals surface area contributed by atoms with Gasteiger partial charge in [0.05, 0.1) is 15.9 Å². The van der Waals surface area contributed by atoms with Gasteiger partial charge in [-0.2, -0.15) is 0 Å². The number of hydrogen-bond donors (Lipinski definition) is 1. The summed E-state index contributed by atoms with van der Waals surface area (Å²) >= 11 is 0.946. The number of carbonyl (C=O) groups is 1. The zero-order valence-electron chi connectivity index (χ0n) is 13.6. The van der Waals surface area contributed by atoms with Crippen molar-refractivity contribution in [1.29, 1.82) is 0 Å². The van der Waals surface area contributed by atoms with E-state index in [1.165, 1.54) is 6.07 Å². The molecule has 2 atom stereocenters. The first-order valence-corrected chi connectivity index (χ1v) is 8.65. The van der Waals surface area contributed by atoms with Crippen molar-refractivity contribution in [2.45, 2.75) is 38.1 Å². The molecule has 0 saturated carbocycles. The Kier molecular flexibility index (Phi) is 3.38. The summed E-state index contributed by atoms with van der Waals surface area (Å²) in [6.07, 6.45) is -1.00. The predicted molar refractivity (Wildman–Crippen MR) is 90.7 cm³/mol. The summed E-state index contributed by atoms with van der Waals surface area (Å²) in [7, 11) is 0. The average Bonchev–Trinajstić information content (AvgIpc) is 3.10. The van der Waals surface area contributed by atoms with Crippen molar-refractivity contribution in [3.05, 3.63) is 56.5 Å². The molecule has 8 heteroatoms. The van der Waals surface area contributed by atoms with Crippen LogP contribution in [0.1, 0.15) is 40.7 Å². The van der Waals surface area contributed by atoms with Crippen molar-refractivity contribution in [3.8, 4) is 5.75 Å². The number of thiophene rings is 1. The largest absolute Gasteiger partial charge is 0.484 e. The number of benzene rings is 1. The third kappa shape index (κ3) is 2.32. The monoisotopic (exact) mass is 360 g/mol. The molecule has 0 saturated heterocycles. The smallest absolute Gasteiger partial charge is 0.328 e. The lowest BCUT2D eigenvalue weighted by atomic mass is 9.89. The Balaban J connectivity index is 1.81. The van der Waals surface area contributed by atoms with Crippen molar-refractivity contribution >= 4 is 22.2 Å². The average molecular weight is 360 g/mol. The molecule has 4 rings (SSSR count). The maximum Gasteiger partial charge on any atom is 0.328 e. The highest BCUT2D eigenvalue weighted by molar-refractivity contribution is 7.15. The van der Waals surface area contributed by atoms with Crippen molar-refractivity contribution in [1.82, 2.24) is 4.90 Å². The fourth-order valence-corrected chi connectivity index (χ4v) is 4.48. The van der Waals surface area contributed by atoms with Crippen LogP contribution in [0.5, 0.6) is 5.75 Å². The Morgan fingerprint density at radius 1 is 1.40 bits per heavy atom. The first-order chi connectivity index (χ1) is 11.8. The minimum Gasteiger partial charge on any atom is -0.484 e. The van der Waals surface area contributed by atoms with Gasteiger partial charge in [0.1, 0.15) is 23.5 Å². The van der Waals surface area contributed by atoms with Crippen molar-refractivity contribution in [2.24, 2.45) is 0 Å². The zero-order valence-corrected chi connectivity index (χ0v) is 14.4. The topological polar surface area (TPSA) is 92.9 Å². The van der Waals surface area contributed by atoms with E-state index in [2.05, 4.69) is 0 Å². The second-order valence-corrected chi connectivity index (χ2v) is 7.82. The molecule has 7 nitrogen and oxygen atoms in total. The molecule has 0 spiro atoms. The van der Waals surface area contributed by atoms with E-state index in [1.807, 2.05) is 12.1 Å². The molecule has 1 aromatic carbocycles. The highest BCUT2D eigenvalue weighted by Gasteiger charge is 2.50. The summed E-state index contributed by atoms with van der Waals surface area (Å²) in [6.45, 7) is 3.79. The first kappa shape index (κ1) is 16.0. The summed E-state index contributed by atoms with van der Waals surface area (Å²) in [5, 5.41) is 22.0. The van der Waals surface area contributed by atoms with Crippen LogP contribution in [0.2, 0.25) is 0 Å². The number of aliphatic hydroxyl groups is 1. The molecule has 1 N–H and O–H groups in total. The molecule has 0 bridgehead atoms. The van der Waals surface area contributed by atoms with E-state index in [9.17, 15) is 20.0 Å². The Morgan fingerprint density at radius 2 is 2.12 bits per heavy atom. The molecule has 1 amide bonds. The molecule has 2 aliphatic heterocycles. The number of amides is 1. The van der Waals surface area contributed by atoms with Crippen molar-refractivity contribution in [3.63, 3.8) is 0 Å². The number of nitrogens with zero attached hydrogens (tertiary/aromatic N) is 2. The fraction of sp³-hybridized carbons (Fsp3) is 0.353. The van der Waals surface area contributed by atoms with Crippen LogP contribution in [0.25, 0.3) is 0 Å². The number of rotatable bonds is 2. The first-order valence-electron chi connectivity index (χ1n) is 7.83. The van der Waals surface area contributed by atoms with Crippen LogP contribution in [-0.4, -0.2) is 32.5 Å². The van der Waals surface area contributed by atoms with Gasteiger partial charge in [0.2, 0.25) is 0 Å². The van der Waals surface area contributed by atoms with Gasteiger partial charge in [-0.1, -0.05) is 29.5 Å². The zero-order chi connectivity index (χ0) is 17.9. The normalized spacial score (nSPS) is 23.8. The van der Waals surface area contributed by atoms with E-state index >= 15 is 0 Å². The quantitative estimate of drug-likeness (QED) is 0.657. The SMILES string of the molecule is CC1(C)Oc2cc([N+](=O)[O-])sc2[C@H](N2Cc3ccccc3C2=O)[C@H]1O. The van der Waals surface area contributed by atoms with Gasteiger partial charge in [0.25, 0.3) is 5.91 Å². The molecule has 0 radical (unpaired) electrons. The van der Waals surface area contributed by atoms with Crippen LogP contribution in [0.3, 0.4) is 0 Å². The number of ether oxygens (including phenoxy) is 1. The van der Waals surface area contributed by atoms with E-state index in [0.717, 1.165) is 16.9 Å². The standard InChI is InChI=1S/C17H16N2O5S/c1-17(2)15(20)13(14-11(24-17)7-12(25-14)19(22)23)18-8-9-5-3-4-6-10(9)16(18)21/h3-7,13,15,20H,8H2,1-2H3/t13-,15+/m0/s1. The lowest BCUT2D eigenvalue weighted by Crippen LogP contribution is -2.53. The van der Waals surface area contributed by atoms with E-state index in [-0.39, 0.29) is 10.9 Å². The Morgan fingerprint density at radius 3 is 2.80 bits per heavy atom. The molecule has 2 aromatic rings. The second-order valence-electron chi connectivity index (χ2n) is 6.76. The van der Waals surface area contributed by atoms with Gasteiger partial charge in [-0.15, -0.1) is 0 Å². The molecule has 25 heavy (non-hydrogen) atoms. The van der Waals surface area contributed by atoms with Gasteiger partial charge in [-0.05, 0) is 25.5 Å². The van der Waals surface area contributed by atoms with Crippen molar-refractivity contribution < 1.29 is 19.6 Å². The van der Waals surface area contributed by atoms with Crippen LogP contribution in [0, 0.1) is 10.1 Å². The third-order valence-electron chi connectivity index (χ3n) is 4.73. The van der Waals surface area contributed by atoms with Crippen LogP contribution in [0.4, 0.5) is 5.00 Å². The van der Waals surface area contributed by atoms with Crippen LogP contribution in [0.15, 0.2) is 30.3 Å². The van der Waals surface area contributed by atoms with Crippen LogP contribution < -0.4 is 4.74 Å². The van der Waals surface area contributed by atoms with Gasteiger partial charge in [-0.3, -0.25) is 14.9 Å². The Labute approximate surface area is 147 Å². The Hall–Kier alpha value is -2.45. The molecule has 0 fully saturated rings. The van der Waals surface area contributed by atoms with E-state index < -0.39 is 22.7 Å². The number of hydrogen-bond acceptors (Lipinski definition) is 6. The highest BCUT2D eigenvalue weighted by Crippen LogP contribution is 2.50. The lowest BCUT2D eigenvalue weighted by Gasteiger charge is -2.43. The summed E-state index contributed by atoms with van der Waals surface area (Å²) in [6, 6.07) is 7.98. The molecule has 0 aliphatic carbocycles. The van der Waals surface area contributed by atoms with Gasteiger partial charge in [-0.25, -0.2) is 0 Å². The van der Waals surface area contributed by atoms with Crippen LogP contribution >= 0.6 is 11.3 Å². The summed E-state index contributed by atoms with van der Waals surface area (Å²) in [5.74, 6) is 0.181. The molecule has 1 aromatic heterocycles. The minimum atomic E-state index is -1.00. The molecule has 0 unspecified atom stereocenters. The fourth-order valence-electron chi connectivity index (χ4n) is 3.43. The molecule has 130 valence electrons. The van der Waals surface area contributed by atoms with E-state index in [4.69, 9.17) is 4.74 Å². The molecule has 2 aliphatic rings. The van der Waals surface area contributed by atoms with Crippen molar-refractivity contribution in [2.75, 3.05) is 0 Å². The van der Waals surface area contributed by atoms with Gasteiger partial charge < -0.3 is 14.7 Å². The molecule has 3 heterocycles. The highest BCUT2D eigenvalue weighted by atomic mass is 32.1. The van der Waals surface area contributed by atoms with Gasteiger partial charge >= 0.3 is 5.00 Å². The minimum absolute atomic E-state index is 0.0657. The third-order valence-corrected chi connectivity index (χ3v) is 5.87. The summed E-state index contributed by atoms with van der Waals surface area (Å²) in [5.41, 5.74) is 0.519. The Bertz CT molecular complexity index is 891. The maximum absolute atomic E-state index is 12.8. The lowest BCUT2D eigenvalue weighted by molar-refractivity contribution is -0.380. The maximum atomic E-state index is 12.8. The van der Waals surface area contributed by atoms with E-state index in [1.54, 1.807) is 30.9 Å². The van der Waals surface area contributed by atoms with Gasteiger partial charge in [0, 0.05) is 12.1 Å². The summed E-state index contributed by atoms with van der Waals surface area (Å²) in [4.78, 5) is 25.6. The van der Waals surface area contributed by atoms with Crippen LogP contribution in [-0.2, 0) is 6.54 Å². The number of carbonyl (C=O) groups excluding carboxylic acids is 1. The second kappa shape index (κ2) is 5.27. The number of aliphatic hydroxyl groups excluding tert-OH is 1. The van der Waals surface area contributed by atoms with Gasteiger partial charge in [0.15, 0.2) is 0 Å². The molecular formula is C17H16N2O5S. The summed E-state index contributed by atoms with van der Waals surface area (Å²) < 4.78 is 5.78. The predicted octanol–water partition coefficient (Wildman–Crippen LogP) is 2.89. The number of fused-ring (bicyclic) bond motifs is 2. The molecular weight excluding hydrogens is 344 g/mol. The number of nitro groups is 1.